The second-order valence-electron chi connectivity index (χ2n) is 7.08. The van der Waals surface area contributed by atoms with Gasteiger partial charge in [-0.3, -0.25) is 4.90 Å². The number of nitrogens with two attached hydrogens (primary N) is 1. The first-order valence-electron chi connectivity index (χ1n) is 8.14. The lowest BCUT2D eigenvalue weighted by Gasteiger charge is -2.36. The van der Waals surface area contributed by atoms with E-state index in [2.05, 4.69) is 18.7 Å². The first-order chi connectivity index (χ1) is 8.65. The Morgan fingerprint density at radius 2 is 1.78 bits per heavy atom. The molecule has 2 fully saturated rings. The molecule has 0 amide bonds. The summed E-state index contributed by atoms with van der Waals surface area (Å²) in [5.41, 5.74) is 6.14. The Morgan fingerprint density at radius 3 is 2.39 bits per heavy atom. The highest BCUT2D eigenvalue weighted by atomic mass is 15.2. The molecule has 0 bridgehead atoms. The Morgan fingerprint density at radius 1 is 1.06 bits per heavy atom. The van der Waals surface area contributed by atoms with Crippen LogP contribution >= 0.6 is 0 Å². The molecule has 2 unspecified atom stereocenters. The maximum absolute atomic E-state index is 6.14. The van der Waals surface area contributed by atoms with Crippen LogP contribution in [-0.4, -0.2) is 30.1 Å². The second kappa shape index (κ2) is 6.91. The fourth-order valence-electron chi connectivity index (χ4n) is 3.94. The first kappa shape index (κ1) is 14.3. The zero-order valence-electron chi connectivity index (χ0n) is 12.4. The molecule has 0 aliphatic heterocycles. The molecule has 0 aromatic carbocycles. The van der Waals surface area contributed by atoms with Crippen molar-refractivity contribution < 1.29 is 0 Å². The van der Waals surface area contributed by atoms with Gasteiger partial charge in [-0.15, -0.1) is 0 Å². The van der Waals surface area contributed by atoms with Crippen LogP contribution < -0.4 is 5.73 Å². The SMILES string of the molecule is CC(C)CN(CC1CCCC(N)C1)C1CCCC1. The summed E-state index contributed by atoms with van der Waals surface area (Å²) in [6.07, 6.45) is 11.1. The average Bonchev–Trinajstić information content (AvgIpc) is 2.80. The van der Waals surface area contributed by atoms with E-state index in [0.717, 1.165) is 17.9 Å². The van der Waals surface area contributed by atoms with E-state index in [4.69, 9.17) is 5.73 Å². The highest BCUT2D eigenvalue weighted by Crippen LogP contribution is 2.29. The van der Waals surface area contributed by atoms with E-state index in [1.54, 1.807) is 0 Å². The van der Waals surface area contributed by atoms with E-state index in [1.165, 1.54) is 64.5 Å². The lowest BCUT2D eigenvalue weighted by Crippen LogP contribution is -2.42. The van der Waals surface area contributed by atoms with E-state index in [0.29, 0.717) is 6.04 Å². The van der Waals surface area contributed by atoms with Gasteiger partial charge in [0.05, 0.1) is 0 Å². The average molecular weight is 252 g/mol. The number of hydrogen-bond donors (Lipinski definition) is 1. The molecule has 0 spiro atoms. The van der Waals surface area contributed by atoms with Crippen molar-refractivity contribution in [2.75, 3.05) is 13.1 Å². The molecule has 18 heavy (non-hydrogen) atoms. The predicted molar refractivity (Wildman–Crippen MR) is 78.6 cm³/mol. The Kier molecular flexibility index (Phi) is 5.50. The molecule has 0 aromatic rings. The van der Waals surface area contributed by atoms with Crippen molar-refractivity contribution in [3.05, 3.63) is 0 Å². The molecule has 2 N–H and O–H groups in total. The van der Waals surface area contributed by atoms with Gasteiger partial charge < -0.3 is 5.73 Å². The summed E-state index contributed by atoms with van der Waals surface area (Å²) in [7, 11) is 0. The molecule has 0 radical (unpaired) electrons. The van der Waals surface area contributed by atoms with E-state index in [1.807, 2.05) is 0 Å². The number of nitrogens with zero attached hydrogens (tertiary/aromatic N) is 1. The summed E-state index contributed by atoms with van der Waals surface area (Å²) in [6, 6.07) is 1.36. The van der Waals surface area contributed by atoms with Gasteiger partial charge in [0.1, 0.15) is 0 Å². The third kappa shape index (κ3) is 4.24. The largest absolute Gasteiger partial charge is 0.328 e. The van der Waals surface area contributed by atoms with Crippen LogP contribution in [-0.2, 0) is 0 Å². The van der Waals surface area contributed by atoms with Gasteiger partial charge in [-0.1, -0.05) is 33.1 Å². The summed E-state index contributed by atoms with van der Waals surface area (Å²) in [5.74, 6) is 1.66. The summed E-state index contributed by atoms with van der Waals surface area (Å²) < 4.78 is 0. The van der Waals surface area contributed by atoms with E-state index < -0.39 is 0 Å². The first-order valence-corrected chi connectivity index (χ1v) is 8.14. The lowest BCUT2D eigenvalue weighted by atomic mass is 9.85. The molecule has 2 aliphatic rings. The topological polar surface area (TPSA) is 29.3 Å². The normalized spacial score (nSPS) is 30.5. The molecule has 2 saturated carbocycles. The van der Waals surface area contributed by atoms with Gasteiger partial charge in [-0.05, 0) is 43.9 Å². The monoisotopic (exact) mass is 252 g/mol. The van der Waals surface area contributed by atoms with E-state index in [9.17, 15) is 0 Å². The van der Waals surface area contributed by atoms with Gasteiger partial charge in [0, 0.05) is 25.2 Å². The minimum Gasteiger partial charge on any atom is -0.328 e. The zero-order chi connectivity index (χ0) is 13.0. The maximum atomic E-state index is 6.14. The third-order valence-electron chi connectivity index (χ3n) is 4.76. The molecule has 0 aromatic heterocycles. The van der Waals surface area contributed by atoms with Gasteiger partial charge >= 0.3 is 0 Å². The van der Waals surface area contributed by atoms with Crippen LogP contribution in [0.4, 0.5) is 0 Å². The summed E-state index contributed by atoms with van der Waals surface area (Å²) in [4.78, 5) is 2.81. The van der Waals surface area contributed by atoms with Crippen LogP contribution in [0, 0.1) is 11.8 Å². The van der Waals surface area contributed by atoms with Crippen LogP contribution in [0.15, 0.2) is 0 Å². The minimum atomic E-state index is 0.480. The highest BCUT2D eigenvalue weighted by Gasteiger charge is 2.27. The van der Waals surface area contributed by atoms with Crippen LogP contribution in [0.1, 0.15) is 65.2 Å². The molecular formula is C16H32N2. The van der Waals surface area contributed by atoms with Crippen molar-refractivity contribution in [2.24, 2.45) is 17.6 Å². The van der Waals surface area contributed by atoms with Crippen molar-refractivity contribution in [2.45, 2.75) is 77.3 Å². The van der Waals surface area contributed by atoms with Gasteiger partial charge in [0.15, 0.2) is 0 Å². The van der Waals surface area contributed by atoms with Gasteiger partial charge in [-0.25, -0.2) is 0 Å². The fourth-order valence-corrected chi connectivity index (χ4v) is 3.94. The molecule has 0 heterocycles. The molecule has 2 heteroatoms. The van der Waals surface area contributed by atoms with Crippen molar-refractivity contribution >= 4 is 0 Å². The van der Waals surface area contributed by atoms with E-state index in [-0.39, 0.29) is 0 Å². The summed E-state index contributed by atoms with van der Waals surface area (Å²) in [5, 5.41) is 0. The van der Waals surface area contributed by atoms with Gasteiger partial charge in [0.25, 0.3) is 0 Å². The van der Waals surface area contributed by atoms with Crippen molar-refractivity contribution in [1.29, 1.82) is 0 Å². The molecule has 106 valence electrons. The quantitative estimate of drug-likeness (QED) is 0.812. The van der Waals surface area contributed by atoms with Crippen LogP contribution in [0.5, 0.6) is 0 Å². The van der Waals surface area contributed by atoms with Crippen LogP contribution in [0.3, 0.4) is 0 Å². The number of hydrogen-bond acceptors (Lipinski definition) is 2. The Bertz CT molecular complexity index is 233. The van der Waals surface area contributed by atoms with Crippen LogP contribution in [0.25, 0.3) is 0 Å². The third-order valence-corrected chi connectivity index (χ3v) is 4.76. The number of rotatable bonds is 5. The van der Waals surface area contributed by atoms with Crippen molar-refractivity contribution in [3.63, 3.8) is 0 Å². The molecule has 0 saturated heterocycles. The summed E-state index contributed by atoms with van der Waals surface area (Å²) in [6.45, 7) is 7.32. The lowest BCUT2D eigenvalue weighted by molar-refractivity contribution is 0.131. The van der Waals surface area contributed by atoms with Gasteiger partial charge in [-0.2, -0.15) is 0 Å². The Balaban J connectivity index is 1.87. The fraction of sp³-hybridized carbons (Fsp3) is 1.00. The molecule has 2 rings (SSSR count). The predicted octanol–water partition coefficient (Wildman–Crippen LogP) is 3.40. The second-order valence-corrected chi connectivity index (χ2v) is 7.08. The Labute approximate surface area is 113 Å². The zero-order valence-corrected chi connectivity index (χ0v) is 12.4. The highest BCUT2D eigenvalue weighted by molar-refractivity contribution is 4.83. The van der Waals surface area contributed by atoms with Crippen molar-refractivity contribution in [3.8, 4) is 0 Å². The Hall–Kier alpha value is -0.0800. The van der Waals surface area contributed by atoms with Gasteiger partial charge in [0.2, 0.25) is 0 Å². The molecule has 2 aliphatic carbocycles. The standard InChI is InChI=1S/C16H32N2/c1-13(2)11-18(16-8-3-4-9-16)12-14-6-5-7-15(17)10-14/h13-16H,3-12,17H2,1-2H3. The van der Waals surface area contributed by atoms with E-state index >= 15 is 0 Å². The smallest absolute Gasteiger partial charge is 0.00954 e. The molecular weight excluding hydrogens is 220 g/mol. The summed E-state index contributed by atoms with van der Waals surface area (Å²) >= 11 is 0. The molecule has 2 nitrogen and oxygen atoms in total. The molecule has 2 atom stereocenters. The van der Waals surface area contributed by atoms with Crippen LogP contribution in [0.2, 0.25) is 0 Å². The van der Waals surface area contributed by atoms with Crippen molar-refractivity contribution in [1.82, 2.24) is 4.90 Å². The maximum Gasteiger partial charge on any atom is 0.00954 e. The minimum absolute atomic E-state index is 0.480.